The predicted octanol–water partition coefficient (Wildman–Crippen LogP) is 1.74. The van der Waals surface area contributed by atoms with E-state index in [9.17, 15) is 4.79 Å². The molecular weight excluding hydrogens is 206 g/mol. The number of anilines is 1. The van der Waals surface area contributed by atoms with E-state index in [0.29, 0.717) is 18.7 Å². The SMILES string of the molecule is CCc1cccc(C(=O)O)c1NCCCO. The summed E-state index contributed by atoms with van der Waals surface area (Å²) >= 11 is 0. The van der Waals surface area contributed by atoms with Gasteiger partial charge in [-0.3, -0.25) is 0 Å². The molecule has 1 aromatic rings. The third kappa shape index (κ3) is 2.97. The van der Waals surface area contributed by atoms with Gasteiger partial charge in [-0.05, 0) is 24.5 Å². The van der Waals surface area contributed by atoms with Gasteiger partial charge in [-0.1, -0.05) is 19.1 Å². The predicted molar refractivity (Wildman–Crippen MR) is 63.0 cm³/mol. The largest absolute Gasteiger partial charge is 0.478 e. The molecule has 3 N–H and O–H groups in total. The lowest BCUT2D eigenvalue weighted by atomic mass is 10.0. The van der Waals surface area contributed by atoms with Crippen LogP contribution >= 0.6 is 0 Å². The van der Waals surface area contributed by atoms with E-state index in [1.54, 1.807) is 12.1 Å². The first-order chi connectivity index (χ1) is 7.70. The van der Waals surface area contributed by atoms with Crippen LogP contribution in [0.5, 0.6) is 0 Å². The van der Waals surface area contributed by atoms with Crippen molar-refractivity contribution in [3.8, 4) is 0 Å². The van der Waals surface area contributed by atoms with Crippen molar-refractivity contribution in [3.63, 3.8) is 0 Å². The quantitative estimate of drug-likeness (QED) is 0.642. The van der Waals surface area contributed by atoms with Crippen LogP contribution in [0, 0.1) is 0 Å². The highest BCUT2D eigenvalue weighted by atomic mass is 16.4. The Morgan fingerprint density at radius 3 is 2.75 bits per heavy atom. The normalized spacial score (nSPS) is 10.1. The molecule has 0 aliphatic heterocycles. The number of nitrogens with one attached hydrogen (secondary N) is 1. The van der Waals surface area contributed by atoms with Crippen molar-refractivity contribution in [1.82, 2.24) is 0 Å². The van der Waals surface area contributed by atoms with E-state index in [1.165, 1.54) is 0 Å². The Bertz CT molecular complexity index is 363. The molecule has 0 saturated heterocycles. The first kappa shape index (κ1) is 12.5. The Kier molecular flexibility index (Phi) is 4.79. The van der Waals surface area contributed by atoms with Gasteiger partial charge in [0.15, 0.2) is 0 Å². The van der Waals surface area contributed by atoms with E-state index in [1.807, 2.05) is 13.0 Å². The highest BCUT2D eigenvalue weighted by molar-refractivity contribution is 5.95. The lowest BCUT2D eigenvalue weighted by Gasteiger charge is -2.13. The number of rotatable bonds is 6. The lowest BCUT2D eigenvalue weighted by Crippen LogP contribution is -2.10. The van der Waals surface area contributed by atoms with Crippen LogP contribution in [0.25, 0.3) is 0 Å². The second kappa shape index (κ2) is 6.12. The maximum absolute atomic E-state index is 11.0. The third-order valence-electron chi connectivity index (χ3n) is 2.40. The summed E-state index contributed by atoms with van der Waals surface area (Å²) in [6.45, 7) is 2.66. The number of carbonyl (C=O) groups is 1. The van der Waals surface area contributed by atoms with Gasteiger partial charge in [0.1, 0.15) is 0 Å². The molecule has 16 heavy (non-hydrogen) atoms. The van der Waals surface area contributed by atoms with E-state index in [0.717, 1.165) is 12.0 Å². The molecule has 4 heteroatoms. The van der Waals surface area contributed by atoms with Crippen LogP contribution in [0.4, 0.5) is 5.69 Å². The first-order valence-corrected chi connectivity index (χ1v) is 5.40. The summed E-state index contributed by atoms with van der Waals surface area (Å²) in [5.41, 5.74) is 1.95. The summed E-state index contributed by atoms with van der Waals surface area (Å²) < 4.78 is 0. The fraction of sp³-hybridized carbons (Fsp3) is 0.417. The Hall–Kier alpha value is -1.55. The summed E-state index contributed by atoms with van der Waals surface area (Å²) in [5.74, 6) is -0.929. The molecule has 1 rings (SSSR count). The van der Waals surface area contributed by atoms with Crippen LogP contribution in [-0.4, -0.2) is 29.3 Å². The molecule has 0 aliphatic carbocycles. The van der Waals surface area contributed by atoms with Gasteiger partial charge >= 0.3 is 5.97 Å². The molecule has 0 radical (unpaired) electrons. The molecule has 0 spiro atoms. The van der Waals surface area contributed by atoms with Crippen LogP contribution < -0.4 is 5.32 Å². The molecule has 0 aliphatic rings. The molecule has 0 saturated carbocycles. The van der Waals surface area contributed by atoms with E-state index >= 15 is 0 Å². The standard InChI is InChI=1S/C12H17NO3/c1-2-9-5-3-6-10(12(15)16)11(9)13-7-4-8-14/h3,5-6,13-14H,2,4,7-8H2,1H3,(H,15,16). The average molecular weight is 223 g/mol. The van der Waals surface area contributed by atoms with Crippen molar-refractivity contribution < 1.29 is 15.0 Å². The Morgan fingerprint density at radius 1 is 1.44 bits per heavy atom. The number of aliphatic hydroxyl groups excluding tert-OH is 1. The Morgan fingerprint density at radius 2 is 2.19 bits per heavy atom. The van der Waals surface area contributed by atoms with Crippen molar-refractivity contribution in [3.05, 3.63) is 29.3 Å². The van der Waals surface area contributed by atoms with Crippen LogP contribution in [0.3, 0.4) is 0 Å². The van der Waals surface area contributed by atoms with Gasteiger partial charge in [0.05, 0.1) is 11.3 Å². The molecule has 0 fully saturated rings. The molecule has 0 amide bonds. The van der Waals surface area contributed by atoms with Gasteiger partial charge in [0, 0.05) is 13.2 Å². The lowest BCUT2D eigenvalue weighted by molar-refractivity contribution is 0.0698. The zero-order chi connectivity index (χ0) is 12.0. The van der Waals surface area contributed by atoms with E-state index in [4.69, 9.17) is 10.2 Å². The fourth-order valence-electron chi connectivity index (χ4n) is 1.57. The van der Waals surface area contributed by atoms with E-state index < -0.39 is 5.97 Å². The van der Waals surface area contributed by atoms with Gasteiger partial charge in [0.25, 0.3) is 0 Å². The number of aliphatic hydroxyl groups is 1. The van der Waals surface area contributed by atoms with Gasteiger partial charge in [-0.15, -0.1) is 0 Å². The monoisotopic (exact) mass is 223 g/mol. The van der Waals surface area contributed by atoms with Gasteiger partial charge in [0.2, 0.25) is 0 Å². The molecule has 1 aromatic carbocycles. The van der Waals surface area contributed by atoms with Crippen LogP contribution in [0.15, 0.2) is 18.2 Å². The van der Waals surface area contributed by atoms with Gasteiger partial charge in [-0.25, -0.2) is 4.79 Å². The highest BCUT2D eigenvalue weighted by Crippen LogP contribution is 2.21. The number of hydrogen-bond acceptors (Lipinski definition) is 3. The maximum atomic E-state index is 11.0. The number of hydrogen-bond donors (Lipinski definition) is 3. The summed E-state index contributed by atoms with van der Waals surface area (Å²) in [4.78, 5) is 11.0. The van der Waals surface area contributed by atoms with Crippen LogP contribution in [0.2, 0.25) is 0 Å². The average Bonchev–Trinajstić information content (AvgIpc) is 2.29. The summed E-state index contributed by atoms with van der Waals surface area (Å²) in [6, 6.07) is 5.25. The molecule has 4 nitrogen and oxygen atoms in total. The molecule has 0 unspecified atom stereocenters. The molecule has 0 heterocycles. The minimum atomic E-state index is -0.929. The highest BCUT2D eigenvalue weighted by Gasteiger charge is 2.12. The minimum absolute atomic E-state index is 0.101. The zero-order valence-corrected chi connectivity index (χ0v) is 9.36. The molecule has 0 atom stereocenters. The number of aromatic carboxylic acids is 1. The minimum Gasteiger partial charge on any atom is -0.478 e. The fourth-order valence-corrected chi connectivity index (χ4v) is 1.57. The first-order valence-electron chi connectivity index (χ1n) is 5.40. The zero-order valence-electron chi connectivity index (χ0n) is 9.36. The van der Waals surface area contributed by atoms with Crippen molar-refractivity contribution >= 4 is 11.7 Å². The van der Waals surface area contributed by atoms with Crippen molar-refractivity contribution in [2.75, 3.05) is 18.5 Å². The smallest absolute Gasteiger partial charge is 0.337 e. The second-order valence-corrected chi connectivity index (χ2v) is 3.50. The van der Waals surface area contributed by atoms with Crippen molar-refractivity contribution in [2.24, 2.45) is 0 Å². The van der Waals surface area contributed by atoms with Crippen molar-refractivity contribution in [2.45, 2.75) is 19.8 Å². The van der Waals surface area contributed by atoms with Crippen LogP contribution in [0.1, 0.15) is 29.3 Å². The Labute approximate surface area is 94.9 Å². The summed E-state index contributed by atoms with van der Waals surface area (Å²) in [5, 5.41) is 20.8. The number of benzene rings is 1. The van der Waals surface area contributed by atoms with Crippen molar-refractivity contribution in [1.29, 1.82) is 0 Å². The topological polar surface area (TPSA) is 69.6 Å². The number of aryl methyl sites for hydroxylation is 1. The maximum Gasteiger partial charge on any atom is 0.337 e. The molecule has 0 bridgehead atoms. The van der Waals surface area contributed by atoms with Gasteiger partial charge in [-0.2, -0.15) is 0 Å². The molecular formula is C12H17NO3. The van der Waals surface area contributed by atoms with E-state index in [-0.39, 0.29) is 12.2 Å². The molecule has 88 valence electrons. The summed E-state index contributed by atoms with van der Waals surface area (Å²) in [7, 11) is 0. The van der Waals surface area contributed by atoms with Crippen LogP contribution in [-0.2, 0) is 6.42 Å². The number of para-hydroxylation sites is 1. The number of carboxylic acids is 1. The third-order valence-corrected chi connectivity index (χ3v) is 2.40. The van der Waals surface area contributed by atoms with Gasteiger partial charge < -0.3 is 15.5 Å². The van der Waals surface area contributed by atoms with E-state index in [2.05, 4.69) is 5.32 Å². The second-order valence-electron chi connectivity index (χ2n) is 3.50. The number of carboxylic acid groups (broad SMARTS) is 1. The summed E-state index contributed by atoms with van der Waals surface area (Å²) in [6.07, 6.45) is 1.39. The Balaban J connectivity index is 2.95. The molecule has 0 aromatic heterocycles.